The van der Waals surface area contributed by atoms with Crippen LogP contribution in [-0.2, 0) is 9.47 Å². The van der Waals surface area contributed by atoms with Crippen molar-refractivity contribution in [3.63, 3.8) is 0 Å². The maximum absolute atomic E-state index is 11.8. The van der Waals surface area contributed by atoms with Crippen LogP contribution in [0.1, 0.15) is 49.9 Å². The summed E-state index contributed by atoms with van der Waals surface area (Å²) < 4.78 is 10.6. The van der Waals surface area contributed by atoms with E-state index in [9.17, 15) is 4.79 Å². The van der Waals surface area contributed by atoms with Gasteiger partial charge in [0.25, 0.3) is 0 Å². The minimum Gasteiger partial charge on any atom is -0.508 e. The van der Waals surface area contributed by atoms with Gasteiger partial charge in [0.1, 0.15) is 5.75 Å². The fraction of sp³-hybridized carbons (Fsp3) is 0.562. The van der Waals surface area contributed by atoms with E-state index in [1.54, 1.807) is 12.1 Å². The maximum Gasteiger partial charge on any atom is 0.338 e. The summed E-state index contributed by atoms with van der Waals surface area (Å²) in [5, 5.41) is 9.16. The number of carbonyl (C=O) groups is 1. The highest BCUT2D eigenvalue weighted by Crippen LogP contribution is 2.13. The SMILES string of the molecule is CCOCCCCCC(C)OC(=O)c1ccc(O)cc1. The topological polar surface area (TPSA) is 55.8 Å². The van der Waals surface area contributed by atoms with Crippen LogP contribution in [0.5, 0.6) is 5.75 Å². The normalized spacial score (nSPS) is 12.1. The van der Waals surface area contributed by atoms with E-state index in [0.29, 0.717) is 5.56 Å². The van der Waals surface area contributed by atoms with Crippen molar-refractivity contribution in [2.24, 2.45) is 0 Å². The van der Waals surface area contributed by atoms with Crippen molar-refractivity contribution < 1.29 is 19.4 Å². The van der Waals surface area contributed by atoms with Crippen LogP contribution < -0.4 is 0 Å². The fourth-order valence-corrected chi connectivity index (χ4v) is 1.86. The van der Waals surface area contributed by atoms with Crippen LogP contribution in [0.3, 0.4) is 0 Å². The molecule has 4 heteroatoms. The molecule has 1 unspecified atom stereocenters. The fourth-order valence-electron chi connectivity index (χ4n) is 1.86. The first-order chi connectivity index (χ1) is 9.63. The Kier molecular flexibility index (Phi) is 7.73. The predicted molar refractivity (Wildman–Crippen MR) is 77.9 cm³/mol. The highest BCUT2D eigenvalue weighted by Gasteiger charge is 2.11. The Bertz CT molecular complexity index is 386. The van der Waals surface area contributed by atoms with Gasteiger partial charge in [0.2, 0.25) is 0 Å². The number of esters is 1. The van der Waals surface area contributed by atoms with E-state index in [0.717, 1.165) is 38.9 Å². The zero-order chi connectivity index (χ0) is 14.8. The lowest BCUT2D eigenvalue weighted by Gasteiger charge is -2.13. The maximum atomic E-state index is 11.8. The molecule has 1 rings (SSSR count). The Morgan fingerprint density at radius 3 is 2.55 bits per heavy atom. The van der Waals surface area contributed by atoms with Crippen LogP contribution in [0.4, 0.5) is 0 Å². The van der Waals surface area contributed by atoms with Crippen LogP contribution >= 0.6 is 0 Å². The first-order valence-electron chi connectivity index (χ1n) is 7.21. The van der Waals surface area contributed by atoms with Gasteiger partial charge in [-0.25, -0.2) is 4.79 Å². The summed E-state index contributed by atoms with van der Waals surface area (Å²) in [6.45, 7) is 5.46. The van der Waals surface area contributed by atoms with E-state index in [-0.39, 0.29) is 17.8 Å². The molecule has 0 aromatic heterocycles. The average molecular weight is 280 g/mol. The van der Waals surface area contributed by atoms with E-state index in [1.807, 2.05) is 13.8 Å². The van der Waals surface area contributed by atoms with E-state index < -0.39 is 0 Å². The first-order valence-corrected chi connectivity index (χ1v) is 7.21. The molecular weight excluding hydrogens is 256 g/mol. The third-order valence-corrected chi connectivity index (χ3v) is 3.01. The minimum absolute atomic E-state index is 0.0941. The van der Waals surface area contributed by atoms with E-state index >= 15 is 0 Å². The second-order valence-corrected chi connectivity index (χ2v) is 4.81. The van der Waals surface area contributed by atoms with Gasteiger partial charge in [0.05, 0.1) is 11.7 Å². The number of aromatic hydroxyl groups is 1. The molecule has 0 radical (unpaired) electrons. The van der Waals surface area contributed by atoms with Crippen molar-refractivity contribution in [1.29, 1.82) is 0 Å². The lowest BCUT2D eigenvalue weighted by molar-refractivity contribution is 0.0317. The average Bonchev–Trinajstić information content (AvgIpc) is 2.43. The van der Waals surface area contributed by atoms with Crippen LogP contribution in [0.25, 0.3) is 0 Å². The largest absolute Gasteiger partial charge is 0.508 e. The molecule has 0 saturated carbocycles. The lowest BCUT2D eigenvalue weighted by atomic mass is 10.1. The summed E-state index contributed by atoms with van der Waals surface area (Å²) in [6, 6.07) is 6.09. The summed E-state index contributed by atoms with van der Waals surface area (Å²) >= 11 is 0. The van der Waals surface area contributed by atoms with Crippen LogP contribution in [-0.4, -0.2) is 30.4 Å². The number of hydrogen-bond acceptors (Lipinski definition) is 4. The van der Waals surface area contributed by atoms with Crippen LogP contribution in [0.2, 0.25) is 0 Å². The van der Waals surface area contributed by atoms with E-state index in [2.05, 4.69) is 0 Å². The summed E-state index contributed by atoms with van der Waals surface area (Å²) in [4.78, 5) is 11.8. The number of carbonyl (C=O) groups excluding carboxylic acids is 1. The lowest BCUT2D eigenvalue weighted by Crippen LogP contribution is -2.15. The molecule has 0 spiro atoms. The van der Waals surface area contributed by atoms with Gasteiger partial charge >= 0.3 is 5.97 Å². The molecule has 4 nitrogen and oxygen atoms in total. The number of benzene rings is 1. The second-order valence-electron chi connectivity index (χ2n) is 4.81. The van der Waals surface area contributed by atoms with Crippen LogP contribution in [0.15, 0.2) is 24.3 Å². The van der Waals surface area contributed by atoms with Crippen molar-refractivity contribution in [2.45, 2.75) is 45.6 Å². The monoisotopic (exact) mass is 280 g/mol. The molecule has 0 fully saturated rings. The van der Waals surface area contributed by atoms with Gasteiger partial charge in [-0.1, -0.05) is 6.42 Å². The zero-order valence-electron chi connectivity index (χ0n) is 12.3. The van der Waals surface area contributed by atoms with Crippen molar-refractivity contribution >= 4 is 5.97 Å². The van der Waals surface area contributed by atoms with Crippen molar-refractivity contribution in [3.05, 3.63) is 29.8 Å². The molecule has 1 atom stereocenters. The zero-order valence-corrected chi connectivity index (χ0v) is 12.3. The molecule has 0 aliphatic carbocycles. The Labute approximate surface area is 120 Å². The Balaban J connectivity index is 2.19. The Hall–Kier alpha value is -1.55. The van der Waals surface area contributed by atoms with Crippen molar-refractivity contribution in [1.82, 2.24) is 0 Å². The number of rotatable bonds is 9. The van der Waals surface area contributed by atoms with E-state index in [4.69, 9.17) is 14.6 Å². The van der Waals surface area contributed by atoms with Gasteiger partial charge in [-0.2, -0.15) is 0 Å². The summed E-state index contributed by atoms with van der Waals surface area (Å²) in [5.41, 5.74) is 0.464. The molecule has 0 aliphatic heterocycles. The third kappa shape index (κ3) is 6.57. The van der Waals surface area contributed by atoms with Crippen LogP contribution in [0, 0.1) is 0 Å². The molecule has 0 amide bonds. The third-order valence-electron chi connectivity index (χ3n) is 3.01. The van der Waals surface area contributed by atoms with Gasteiger partial charge < -0.3 is 14.6 Å². The summed E-state index contributed by atoms with van der Waals surface area (Å²) in [5.74, 6) is -0.198. The molecule has 1 aromatic rings. The van der Waals surface area contributed by atoms with Gasteiger partial charge in [0, 0.05) is 13.2 Å². The molecule has 1 N–H and O–H groups in total. The number of ether oxygens (including phenoxy) is 2. The molecule has 0 heterocycles. The van der Waals surface area contributed by atoms with Gasteiger partial charge in [-0.15, -0.1) is 0 Å². The van der Waals surface area contributed by atoms with E-state index in [1.165, 1.54) is 12.1 Å². The highest BCUT2D eigenvalue weighted by atomic mass is 16.5. The standard InChI is InChI=1S/C16H24O4/c1-3-19-12-6-4-5-7-13(2)20-16(18)14-8-10-15(17)11-9-14/h8-11,13,17H,3-7,12H2,1-2H3. The van der Waals surface area contributed by atoms with Gasteiger partial charge in [-0.3, -0.25) is 0 Å². The summed E-state index contributed by atoms with van der Waals surface area (Å²) in [7, 11) is 0. The Morgan fingerprint density at radius 2 is 1.90 bits per heavy atom. The van der Waals surface area contributed by atoms with Crippen molar-refractivity contribution in [2.75, 3.05) is 13.2 Å². The molecule has 112 valence electrons. The number of unbranched alkanes of at least 4 members (excludes halogenated alkanes) is 2. The first kappa shape index (κ1) is 16.5. The van der Waals surface area contributed by atoms with Gasteiger partial charge in [-0.05, 0) is 57.4 Å². The van der Waals surface area contributed by atoms with Crippen molar-refractivity contribution in [3.8, 4) is 5.75 Å². The smallest absolute Gasteiger partial charge is 0.338 e. The Morgan fingerprint density at radius 1 is 1.20 bits per heavy atom. The van der Waals surface area contributed by atoms with Gasteiger partial charge in [0.15, 0.2) is 0 Å². The number of phenols is 1. The number of hydrogen-bond donors (Lipinski definition) is 1. The predicted octanol–water partition coefficient (Wildman–Crippen LogP) is 3.53. The minimum atomic E-state index is -0.341. The molecule has 0 saturated heterocycles. The molecule has 0 aliphatic rings. The molecule has 0 bridgehead atoms. The molecule has 1 aromatic carbocycles. The summed E-state index contributed by atoms with van der Waals surface area (Å²) in [6.07, 6.45) is 3.92. The highest BCUT2D eigenvalue weighted by molar-refractivity contribution is 5.89. The molecule has 20 heavy (non-hydrogen) atoms. The molecular formula is C16H24O4. The second kappa shape index (κ2) is 9.37. The quantitative estimate of drug-likeness (QED) is 0.555. The number of phenolic OH excluding ortho intramolecular Hbond substituents is 1.